The third-order valence-electron chi connectivity index (χ3n) is 1.54. The monoisotopic (exact) mass is 199 g/mol. The van der Waals surface area contributed by atoms with E-state index in [2.05, 4.69) is 10.1 Å². The van der Waals surface area contributed by atoms with Crippen molar-refractivity contribution in [2.24, 2.45) is 0 Å². The molecule has 0 amide bonds. The number of rotatable bonds is 4. The van der Waals surface area contributed by atoms with Crippen molar-refractivity contribution in [3.63, 3.8) is 0 Å². The molecule has 1 rings (SSSR count). The molecule has 0 spiro atoms. The summed E-state index contributed by atoms with van der Waals surface area (Å²) in [5.74, 6) is -1.99. The van der Waals surface area contributed by atoms with Gasteiger partial charge in [-0.1, -0.05) is 6.92 Å². The third-order valence-corrected chi connectivity index (χ3v) is 1.54. The molecule has 1 atom stereocenters. The van der Waals surface area contributed by atoms with Gasteiger partial charge in [-0.05, 0) is 0 Å². The van der Waals surface area contributed by atoms with Crippen LogP contribution in [0.4, 0.5) is 0 Å². The van der Waals surface area contributed by atoms with Gasteiger partial charge in [0, 0.05) is 13.3 Å². The minimum Gasteiger partial charge on any atom is -0.431 e. The molecule has 0 aliphatic heterocycles. The molecule has 78 valence electrons. The van der Waals surface area contributed by atoms with Crippen molar-refractivity contribution in [2.75, 3.05) is 0 Å². The first-order valence-corrected chi connectivity index (χ1v) is 4.30. The van der Waals surface area contributed by atoms with Crippen LogP contribution in [0, 0.1) is 0 Å². The number of esters is 1. The van der Waals surface area contributed by atoms with E-state index in [1.54, 1.807) is 6.92 Å². The zero-order valence-corrected chi connectivity index (χ0v) is 8.17. The second-order valence-electron chi connectivity index (χ2n) is 3.10. The summed E-state index contributed by atoms with van der Waals surface area (Å²) in [6.45, 7) is 3.13. The fourth-order valence-corrected chi connectivity index (χ4v) is 0.965. The van der Waals surface area contributed by atoms with E-state index in [0.717, 1.165) is 0 Å². The standard InChI is InChI=1S/C8H13N3O3/c1-3-7(12)14-8(2,13)4-11-6-9-5-10-11/h5-6,13H,3-4H2,1-2H3/t8-/m1/s1. The van der Waals surface area contributed by atoms with Crippen LogP contribution >= 0.6 is 0 Å². The van der Waals surface area contributed by atoms with Crippen molar-refractivity contribution < 1.29 is 14.6 Å². The van der Waals surface area contributed by atoms with Crippen molar-refractivity contribution in [3.8, 4) is 0 Å². The molecule has 0 fully saturated rings. The smallest absolute Gasteiger partial charge is 0.308 e. The first kappa shape index (κ1) is 10.6. The van der Waals surface area contributed by atoms with E-state index in [9.17, 15) is 9.90 Å². The second-order valence-corrected chi connectivity index (χ2v) is 3.10. The van der Waals surface area contributed by atoms with E-state index >= 15 is 0 Å². The minimum absolute atomic E-state index is 0.0682. The molecule has 0 aliphatic rings. The number of aromatic nitrogens is 3. The summed E-state index contributed by atoms with van der Waals surface area (Å²) in [5, 5.41) is 13.4. The molecular formula is C8H13N3O3. The van der Waals surface area contributed by atoms with Crippen LogP contribution in [-0.4, -0.2) is 31.6 Å². The highest BCUT2D eigenvalue weighted by atomic mass is 16.7. The van der Waals surface area contributed by atoms with Gasteiger partial charge in [-0.3, -0.25) is 4.79 Å². The van der Waals surface area contributed by atoms with Gasteiger partial charge in [0.2, 0.25) is 5.79 Å². The van der Waals surface area contributed by atoms with Gasteiger partial charge in [0.15, 0.2) is 0 Å². The fraction of sp³-hybridized carbons (Fsp3) is 0.625. The number of hydrogen-bond donors (Lipinski definition) is 1. The van der Waals surface area contributed by atoms with E-state index in [-0.39, 0.29) is 13.0 Å². The molecule has 6 nitrogen and oxygen atoms in total. The van der Waals surface area contributed by atoms with E-state index < -0.39 is 11.8 Å². The van der Waals surface area contributed by atoms with E-state index in [4.69, 9.17) is 4.74 Å². The molecule has 0 radical (unpaired) electrons. The molecule has 0 saturated carbocycles. The Morgan fingerprint density at radius 3 is 2.93 bits per heavy atom. The minimum atomic E-state index is -1.54. The zero-order chi connectivity index (χ0) is 10.6. The molecule has 1 aromatic heterocycles. The Hall–Kier alpha value is -1.43. The molecule has 14 heavy (non-hydrogen) atoms. The summed E-state index contributed by atoms with van der Waals surface area (Å²) in [6, 6.07) is 0. The maximum atomic E-state index is 10.9. The van der Waals surface area contributed by atoms with Crippen LogP contribution in [0.15, 0.2) is 12.7 Å². The van der Waals surface area contributed by atoms with Crippen molar-refractivity contribution in [3.05, 3.63) is 12.7 Å². The second kappa shape index (κ2) is 4.19. The van der Waals surface area contributed by atoms with Crippen LogP contribution in [0.1, 0.15) is 20.3 Å². The highest BCUT2D eigenvalue weighted by Gasteiger charge is 2.25. The maximum absolute atomic E-state index is 10.9. The molecule has 0 unspecified atom stereocenters. The highest BCUT2D eigenvalue weighted by Crippen LogP contribution is 2.09. The normalized spacial score (nSPS) is 14.8. The number of ether oxygens (including phenoxy) is 1. The molecule has 1 heterocycles. The average Bonchev–Trinajstić information content (AvgIpc) is 2.54. The van der Waals surface area contributed by atoms with Gasteiger partial charge in [0.05, 0.1) is 0 Å². The van der Waals surface area contributed by atoms with Crippen LogP contribution in [0.3, 0.4) is 0 Å². The molecule has 0 bridgehead atoms. The summed E-state index contributed by atoms with van der Waals surface area (Å²) < 4.78 is 6.18. The van der Waals surface area contributed by atoms with Crippen LogP contribution in [-0.2, 0) is 16.1 Å². The van der Waals surface area contributed by atoms with Crippen molar-refractivity contribution in [1.29, 1.82) is 0 Å². The summed E-state index contributed by atoms with van der Waals surface area (Å²) in [4.78, 5) is 14.6. The van der Waals surface area contributed by atoms with Crippen LogP contribution in [0.2, 0.25) is 0 Å². The maximum Gasteiger partial charge on any atom is 0.308 e. The van der Waals surface area contributed by atoms with Crippen LogP contribution in [0.5, 0.6) is 0 Å². The Morgan fingerprint density at radius 2 is 2.43 bits per heavy atom. The van der Waals surface area contributed by atoms with Gasteiger partial charge in [-0.25, -0.2) is 9.67 Å². The van der Waals surface area contributed by atoms with Crippen LogP contribution < -0.4 is 0 Å². The summed E-state index contributed by atoms with van der Waals surface area (Å²) in [6.07, 6.45) is 3.01. The molecule has 1 N–H and O–H groups in total. The first-order chi connectivity index (χ1) is 6.53. The number of aliphatic hydroxyl groups is 1. The van der Waals surface area contributed by atoms with E-state index in [1.165, 1.54) is 24.3 Å². The Kier molecular flexibility index (Phi) is 3.19. The van der Waals surface area contributed by atoms with Gasteiger partial charge in [-0.2, -0.15) is 5.10 Å². The third kappa shape index (κ3) is 3.14. The molecule has 0 aliphatic carbocycles. The molecule has 0 aromatic carbocycles. The lowest BCUT2D eigenvalue weighted by molar-refractivity contribution is -0.207. The molecule has 1 aromatic rings. The topological polar surface area (TPSA) is 77.2 Å². The summed E-state index contributed by atoms with van der Waals surface area (Å²) in [5.41, 5.74) is 0. The van der Waals surface area contributed by atoms with Gasteiger partial charge in [0.1, 0.15) is 19.2 Å². The number of carbonyl (C=O) groups is 1. The number of nitrogens with zero attached hydrogens (tertiary/aromatic N) is 3. The van der Waals surface area contributed by atoms with Crippen LogP contribution in [0.25, 0.3) is 0 Å². The Labute approximate surface area is 81.5 Å². The van der Waals surface area contributed by atoms with Crippen molar-refractivity contribution >= 4 is 5.97 Å². The number of carbonyl (C=O) groups excluding carboxylic acids is 1. The lowest BCUT2D eigenvalue weighted by Crippen LogP contribution is -2.36. The molecule has 0 saturated heterocycles. The van der Waals surface area contributed by atoms with Gasteiger partial charge in [-0.15, -0.1) is 0 Å². The molecule has 6 heteroatoms. The summed E-state index contributed by atoms with van der Waals surface area (Å²) in [7, 11) is 0. The average molecular weight is 199 g/mol. The lowest BCUT2D eigenvalue weighted by atomic mass is 10.3. The Bertz CT molecular complexity index is 295. The fourth-order valence-electron chi connectivity index (χ4n) is 0.965. The highest BCUT2D eigenvalue weighted by molar-refractivity contribution is 5.69. The van der Waals surface area contributed by atoms with Gasteiger partial charge >= 0.3 is 5.97 Å². The molecular weight excluding hydrogens is 186 g/mol. The predicted octanol–water partition coefficient (Wildman–Crippen LogP) is -0.0602. The Morgan fingerprint density at radius 1 is 1.71 bits per heavy atom. The predicted molar refractivity (Wildman–Crippen MR) is 47.0 cm³/mol. The quantitative estimate of drug-likeness (QED) is 0.543. The van der Waals surface area contributed by atoms with Gasteiger partial charge in [0.25, 0.3) is 0 Å². The van der Waals surface area contributed by atoms with Gasteiger partial charge < -0.3 is 9.84 Å². The zero-order valence-electron chi connectivity index (χ0n) is 8.17. The lowest BCUT2D eigenvalue weighted by Gasteiger charge is -2.22. The first-order valence-electron chi connectivity index (χ1n) is 4.30. The van der Waals surface area contributed by atoms with Crippen molar-refractivity contribution in [2.45, 2.75) is 32.6 Å². The van der Waals surface area contributed by atoms with E-state index in [1.807, 2.05) is 0 Å². The van der Waals surface area contributed by atoms with Crippen molar-refractivity contribution in [1.82, 2.24) is 14.8 Å². The Balaban J connectivity index is 2.53. The number of hydrogen-bond acceptors (Lipinski definition) is 5. The largest absolute Gasteiger partial charge is 0.431 e. The SMILES string of the molecule is CCC(=O)O[C@@](C)(O)Cn1cncn1. The summed E-state index contributed by atoms with van der Waals surface area (Å²) >= 11 is 0. The van der Waals surface area contributed by atoms with E-state index in [0.29, 0.717) is 0 Å².